The zero-order chi connectivity index (χ0) is 25.6. The van der Waals surface area contributed by atoms with E-state index in [1.807, 2.05) is 18.9 Å². The van der Waals surface area contributed by atoms with E-state index in [4.69, 9.17) is 4.74 Å². The summed E-state index contributed by atoms with van der Waals surface area (Å²) in [6.45, 7) is 4.97. The van der Waals surface area contributed by atoms with Gasteiger partial charge >= 0.3 is 0 Å². The number of halogens is 1. The number of nitro groups is 1. The fourth-order valence-electron chi connectivity index (χ4n) is 4.56. The van der Waals surface area contributed by atoms with Crippen molar-refractivity contribution in [2.75, 3.05) is 50.2 Å². The van der Waals surface area contributed by atoms with Gasteiger partial charge < -0.3 is 19.1 Å². The molecule has 0 unspecified atom stereocenters. The number of nitrogens with one attached hydrogen (secondary N) is 2. The maximum atomic E-state index is 15.4. The van der Waals surface area contributed by atoms with Crippen LogP contribution in [0.2, 0.25) is 0 Å². The van der Waals surface area contributed by atoms with Gasteiger partial charge in [-0.25, -0.2) is 4.39 Å². The van der Waals surface area contributed by atoms with Gasteiger partial charge in [-0.15, -0.1) is 0 Å². The Morgan fingerprint density at radius 2 is 1.89 bits per heavy atom. The molecule has 12 heteroatoms. The average Bonchev–Trinajstić information content (AvgIpc) is 2.86. The maximum Gasteiger partial charge on any atom is 0.275 e. The molecule has 3 heterocycles. The van der Waals surface area contributed by atoms with Gasteiger partial charge in [0, 0.05) is 44.5 Å². The highest BCUT2D eigenvalue weighted by molar-refractivity contribution is 6.00. The number of hydrogen-bond acceptors (Lipinski definition) is 8. The van der Waals surface area contributed by atoms with Crippen molar-refractivity contribution < 1.29 is 18.8 Å². The van der Waals surface area contributed by atoms with Crippen LogP contribution in [0.5, 0.6) is 5.75 Å². The lowest BCUT2D eigenvalue weighted by Gasteiger charge is -2.37. The lowest BCUT2D eigenvalue weighted by molar-refractivity contribution is -0.384. The topological polar surface area (TPSA) is 122 Å². The normalized spacial score (nSPS) is 17.5. The van der Waals surface area contributed by atoms with Gasteiger partial charge in [0.15, 0.2) is 11.6 Å². The predicted octanol–water partition coefficient (Wildman–Crippen LogP) is 2.51. The minimum atomic E-state index is -0.715. The first kappa shape index (κ1) is 23.5. The van der Waals surface area contributed by atoms with Gasteiger partial charge in [0.2, 0.25) is 5.43 Å². The second kappa shape index (κ2) is 9.11. The van der Waals surface area contributed by atoms with E-state index < -0.39 is 22.1 Å². The van der Waals surface area contributed by atoms with Gasteiger partial charge in [0.05, 0.1) is 27.6 Å². The number of rotatable bonds is 5. The lowest BCUT2D eigenvalue weighted by Crippen LogP contribution is -2.45. The van der Waals surface area contributed by atoms with Crippen LogP contribution in [-0.4, -0.2) is 60.1 Å². The largest absolute Gasteiger partial charge is 0.487 e. The van der Waals surface area contributed by atoms with Crippen LogP contribution >= 0.6 is 0 Å². The Hall–Kier alpha value is -4.19. The summed E-state index contributed by atoms with van der Waals surface area (Å²) in [5, 5.41) is 10.9. The number of ether oxygens (including phenoxy) is 1. The van der Waals surface area contributed by atoms with Crippen molar-refractivity contribution >= 4 is 33.9 Å². The van der Waals surface area contributed by atoms with Crippen LogP contribution in [-0.2, 0) is 0 Å². The molecule has 1 fully saturated rings. The van der Waals surface area contributed by atoms with Crippen LogP contribution in [0.15, 0.2) is 41.3 Å². The third-order valence-electron chi connectivity index (χ3n) is 6.60. The fraction of sp³-hybridized carbons (Fsp3) is 0.333. The van der Waals surface area contributed by atoms with Gasteiger partial charge in [-0.3, -0.25) is 30.6 Å². The molecule has 2 aliphatic heterocycles. The van der Waals surface area contributed by atoms with Crippen molar-refractivity contribution in [1.82, 2.24) is 14.9 Å². The molecule has 2 N–H and O–H groups in total. The minimum absolute atomic E-state index is 0.0647. The number of piperazine rings is 1. The second-order valence-corrected chi connectivity index (χ2v) is 9.04. The highest BCUT2D eigenvalue weighted by atomic mass is 19.1. The summed E-state index contributed by atoms with van der Waals surface area (Å²) >= 11 is 0. The molecule has 1 saturated heterocycles. The van der Waals surface area contributed by atoms with E-state index in [-0.39, 0.29) is 29.3 Å². The van der Waals surface area contributed by atoms with Crippen LogP contribution in [0.1, 0.15) is 23.3 Å². The molecule has 1 atom stereocenters. The number of hydrogen-bond donors (Lipinski definition) is 2. The van der Waals surface area contributed by atoms with Crippen LogP contribution in [0.25, 0.3) is 10.9 Å². The summed E-state index contributed by atoms with van der Waals surface area (Å²) in [5.74, 6) is -0.963. The van der Waals surface area contributed by atoms with Crippen LogP contribution < -0.4 is 25.9 Å². The monoisotopic (exact) mass is 496 g/mol. The molecule has 0 bridgehead atoms. The molecular weight excluding hydrogens is 471 g/mol. The van der Waals surface area contributed by atoms with Gasteiger partial charge in [0.25, 0.3) is 11.6 Å². The molecular formula is C24H25FN6O5. The number of non-ortho nitro benzene ring substituents is 1. The van der Waals surface area contributed by atoms with E-state index in [1.54, 1.807) is 4.57 Å². The summed E-state index contributed by atoms with van der Waals surface area (Å²) in [7, 11) is 2.01. The smallest absolute Gasteiger partial charge is 0.275 e. The number of aromatic nitrogens is 1. The van der Waals surface area contributed by atoms with E-state index in [0.717, 1.165) is 13.1 Å². The summed E-state index contributed by atoms with van der Waals surface area (Å²) in [4.78, 5) is 40.6. The Morgan fingerprint density at radius 1 is 1.19 bits per heavy atom. The van der Waals surface area contributed by atoms with Crippen molar-refractivity contribution in [1.29, 1.82) is 0 Å². The predicted molar refractivity (Wildman–Crippen MR) is 132 cm³/mol. The average molecular weight is 496 g/mol. The van der Waals surface area contributed by atoms with Crippen molar-refractivity contribution in [2.45, 2.75) is 13.0 Å². The van der Waals surface area contributed by atoms with Crippen molar-refractivity contribution in [3.63, 3.8) is 0 Å². The quantitative estimate of drug-likeness (QED) is 0.408. The molecule has 0 saturated carbocycles. The Bertz CT molecular complexity index is 1420. The number of pyridine rings is 1. The Labute approximate surface area is 205 Å². The Balaban J connectivity index is 1.51. The van der Waals surface area contributed by atoms with Crippen molar-refractivity contribution in [3.05, 3.63) is 68.2 Å². The molecule has 11 nitrogen and oxygen atoms in total. The first-order chi connectivity index (χ1) is 17.2. The van der Waals surface area contributed by atoms with Gasteiger partial charge in [-0.05, 0) is 32.2 Å². The van der Waals surface area contributed by atoms with Gasteiger partial charge in [0.1, 0.15) is 17.9 Å². The number of nitro benzene ring substituents is 1. The molecule has 5 rings (SSSR count). The number of carbonyl (C=O) groups is 1. The number of carbonyl (C=O) groups excluding carboxylic acids is 1. The molecule has 0 aliphatic carbocycles. The molecule has 188 valence electrons. The summed E-state index contributed by atoms with van der Waals surface area (Å²) in [5.41, 5.74) is 5.41. The highest BCUT2D eigenvalue weighted by Gasteiger charge is 2.31. The van der Waals surface area contributed by atoms with E-state index >= 15 is 4.39 Å². The first-order valence-corrected chi connectivity index (χ1v) is 11.5. The number of anilines is 2. The summed E-state index contributed by atoms with van der Waals surface area (Å²) in [6.07, 6.45) is 1.47. The number of nitrogens with zero attached hydrogens (tertiary/aromatic N) is 4. The molecule has 3 aromatic rings. The molecule has 1 aromatic heterocycles. The lowest BCUT2D eigenvalue weighted by atomic mass is 10.0. The molecule has 1 amide bonds. The van der Waals surface area contributed by atoms with Crippen LogP contribution in [0.3, 0.4) is 0 Å². The zero-order valence-corrected chi connectivity index (χ0v) is 19.8. The van der Waals surface area contributed by atoms with E-state index in [2.05, 4.69) is 15.8 Å². The number of benzene rings is 2. The number of likely N-dealkylation sites (N-methyl/N-ethyl adjacent to an activating group) is 1. The maximum absolute atomic E-state index is 15.4. The summed E-state index contributed by atoms with van der Waals surface area (Å²) in [6, 6.07) is 6.42. The highest BCUT2D eigenvalue weighted by Crippen LogP contribution is 2.42. The van der Waals surface area contributed by atoms with E-state index in [1.165, 1.54) is 36.5 Å². The second-order valence-electron chi connectivity index (χ2n) is 9.04. The Kier molecular flexibility index (Phi) is 5.96. The third-order valence-corrected chi connectivity index (χ3v) is 6.60. The van der Waals surface area contributed by atoms with Crippen LogP contribution in [0.4, 0.5) is 21.5 Å². The van der Waals surface area contributed by atoms with E-state index in [9.17, 15) is 19.7 Å². The van der Waals surface area contributed by atoms with Gasteiger partial charge in [-0.2, -0.15) is 0 Å². The standard InChI is InChI=1S/C24H25FN6O5/c1-14-13-36-23-20-17(11-19(25)21(23)29-9-7-28(2)8-10-29)22(32)18(12-30(14)20)24(33)27-26-15-3-5-16(6-4-15)31(34)35/h3-6,11-12,14,26H,7-10,13H2,1-2H3,(H,27,33)/t14-/m0/s1. The molecule has 2 aliphatic rings. The van der Waals surface area contributed by atoms with Crippen LogP contribution in [0, 0.1) is 15.9 Å². The molecule has 0 spiro atoms. The fourth-order valence-corrected chi connectivity index (χ4v) is 4.56. The molecule has 0 radical (unpaired) electrons. The third kappa shape index (κ3) is 4.09. The SMILES string of the molecule is C[C@H]1COc2c(N3CCN(C)CC3)c(F)cc3c(=O)c(C(=O)NNc4ccc([N+](=O)[O-])cc4)cn1c23. The molecule has 2 aromatic carbocycles. The first-order valence-electron chi connectivity index (χ1n) is 11.5. The van der Waals surface area contributed by atoms with Crippen molar-refractivity contribution in [3.8, 4) is 5.75 Å². The van der Waals surface area contributed by atoms with E-state index in [0.29, 0.717) is 35.7 Å². The summed E-state index contributed by atoms with van der Waals surface area (Å²) < 4.78 is 23.2. The number of hydrazine groups is 1. The number of amides is 1. The van der Waals surface area contributed by atoms with Crippen molar-refractivity contribution in [2.24, 2.45) is 0 Å². The minimum Gasteiger partial charge on any atom is -0.487 e. The zero-order valence-electron chi connectivity index (χ0n) is 19.8. The molecule has 36 heavy (non-hydrogen) atoms. The Morgan fingerprint density at radius 3 is 2.56 bits per heavy atom. The van der Waals surface area contributed by atoms with Gasteiger partial charge in [-0.1, -0.05) is 0 Å².